The molecule has 0 saturated heterocycles. The third-order valence-electron chi connectivity index (χ3n) is 2.58. The Bertz CT molecular complexity index is 244. The molecule has 0 amide bonds. The van der Waals surface area contributed by atoms with E-state index in [0.717, 1.165) is 12.8 Å². The van der Waals surface area contributed by atoms with Gasteiger partial charge in [0.2, 0.25) is 0 Å². The number of carbonyl (C=O) groups is 1. The Kier molecular flexibility index (Phi) is 3.47. The van der Waals surface area contributed by atoms with Crippen LogP contribution in [-0.4, -0.2) is 5.78 Å². The van der Waals surface area contributed by atoms with E-state index in [1.807, 2.05) is 0 Å². The van der Waals surface area contributed by atoms with Gasteiger partial charge in [0.15, 0.2) is 5.78 Å². The zero-order valence-corrected chi connectivity index (χ0v) is 8.71. The number of allylic oxidation sites excluding steroid dienone is 4. The molecule has 2 atom stereocenters. The van der Waals surface area contributed by atoms with E-state index < -0.39 is 0 Å². The Morgan fingerprint density at radius 1 is 1.62 bits per heavy atom. The molecule has 0 radical (unpaired) electrons. The minimum absolute atomic E-state index is 0.279. The smallest absolute Gasteiger partial charge is 0.155 e. The molecule has 0 heterocycles. The SMILES string of the molecule is CC(C)=CCC1C=CC(=O)CC1C. The van der Waals surface area contributed by atoms with Gasteiger partial charge in [-0.05, 0) is 38.2 Å². The van der Waals surface area contributed by atoms with Crippen molar-refractivity contribution in [1.29, 1.82) is 0 Å². The van der Waals surface area contributed by atoms with Crippen molar-refractivity contribution in [3.63, 3.8) is 0 Å². The molecule has 0 spiro atoms. The van der Waals surface area contributed by atoms with Crippen molar-refractivity contribution in [2.24, 2.45) is 11.8 Å². The Morgan fingerprint density at radius 3 is 2.85 bits per heavy atom. The highest BCUT2D eigenvalue weighted by Crippen LogP contribution is 2.25. The molecule has 72 valence electrons. The molecule has 1 nitrogen and oxygen atoms in total. The standard InChI is InChI=1S/C12H18O/c1-9(2)4-5-11-6-7-12(13)8-10(11)3/h4,6-7,10-11H,5,8H2,1-3H3. The van der Waals surface area contributed by atoms with Gasteiger partial charge in [-0.1, -0.05) is 24.6 Å². The number of hydrogen-bond acceptors (Lipinski definition) is 1. The van der Waals surface area contributed by atoms with E-state index in [1.54, 1.807) is 6.08 Å². The molecule has 13 heavy (non-hydrogen) atoms. The molecule has 2 unspecified atom stereocenters. The van der Waals surface area contributed by atoms with Crippen LogP contribution in [0.5, 0.6) is 0 Å². The van der Waals surface area contributed by atoms with Crippen LogP contribution in [0.25, 0.3) is 0 Å². The van der Waals surface area contributed by atoms with E-state index >= 15 is 0 Å². The van der Waals surface area contributed by atoms with Gasteiger partial charge < -0.3 is 0 Å². The summed E-state index contributed by atoms with van der Waals surface area (Å²) in [5, 5.41) is 0. The normalized spacial score (nSPS) is 27.5. The molecule has 1 aliphatic rings. The summed E-state index contributed by atoms with van der Waals surface area (Å²) < 4.78 is 0. The maximum absolute atomic E-state index is 11.1. The van der Waals surface area contributed by atoms with Crippen molar-refractivity contribution in [1.82, 2.24) is 0 Å². The Morgan fingerprint density at radius 2 is 2.31 bits per heavy atom. The highest BCUT2D eigenvalue weighted by molar-refractivity contribution is 5.90. The molecule has 1 heteroatoms. The van der Waals surface area contributed by atoms with Crippen LogP contribution >= 0.6 is 0 Å². The summed E-state index contributed by atoms with van der Waals surface area (Å²) in [4.78, 5) is 11.1. The number of rotatable bonds is 2. The second-order valence-electron chi connectivity index (χ2n) is 4.19. The van der Waals surface area contributed by atoms with Crippen LogP contribution in [0.3, 0.4) is 0 Å². The summed E-state index contributed by atoms with van der Waals surface area (Å²) in [5.74, 6) is 1.35. The third kappa shape index (κ3) is 3.17. The second-order valence-corrected chi connectivity index (χ2v) is 4.19. The molecule has 0 aromatic heterocycles. The molecule has 0 aromatic carbocycles. The van der Waals surface area contributed by atoms with Crippen molar-refractivity contribution in [3.05, 3.63) is 23.8 Å². The van der Waals surface area contributed by atoms with Crippen molar-refractivity contribution in [2.75, 3.05) is 0 Å². The van der Waals surface area contributed by atoms with Gasteiger partial charge in [-0.2, -0.15) is 0 Å². The fraction of sp³-hybridized carbons (Fsp3) is 0.583. The van der Waals surface area contributed by atoms with Gasteiger partial charge in [0.05, 0.1) is 0 Å². The summed E-state index contributed by atoms with van der Waals surface area (Å²) in [6.45, 7) is 6.38. The first-order chi connectivity index (χ1) is 6.09. The summed E-state index contributed by atoms with van der Waals surface area (Å²) in [6.07, 6.45) is 7.85. The maximum atomic E-state index is 11.1. The largest absolute Gasteiger partial charge is 0.295 e. The fourth-order valence-corrected chi connectivity index (χ4v) is 1.64. The lowest BCUT2D eigenvalue weighted by atomic mass is 9.82. The molecular weight excluding hydrogens is 160 g/mol. The van der Waals surface area contributed by atoms with Crippen molar-refractivity contribution in [3.8, 4) is 0 Å². The molecule has 1 rings (SSSR count). The first-order valence-corrected chi connectivity index (χ1v) is 4.94. The monoisotopic (exact) mass is 178 g/mol. The number of ketones is 1. The molecule has 1 aliphatic carbocycles. The van der Waals surface area contributed by atoms with Crippen molar-refractivity contribution < 1.29 is 4.79 Å². The quantitative estimate of drug-likeness (QED) is 0.594. The summed E-state index contributed by atoms with van der Waals surface area (Å²) >= 11 is 0. The Hall–Kier alpha value is -0.850. The van der Waals surface area contributed by atoms with Crippen LogP contribution in [0.1, 0.15) is 33.6 Å². The minimum atomic E-state index is 0.279. The molecule has 0 N–H and O–H groups in total. The topological polar surface area (TPSA) is 17.1 Å². The van der Waals surface area contributed by atoms with Gasteiger partial charge >= 0.3 is 0 Å². The first-order valence-electron chi connectivity index (χ1n) is 4.94. The van der Waals surface area contributed by atoms with Gasteiger partial charge in [-0.3, -0.25) is 4.79 Å². The lowest BCUT2D eigenvalue weighted by molar-refractivity contribution is -0.116. The van der Waals surface area contributed by atoms with E-state index in [2.05, 4.69) is 32.9 Å². The van der Waals surface area contributed by atoms with Gasteiger partial charge in [-0.25, -0.2) is 0 Å². The van der Waals surface area contributed by atoms with E-state index in [1.165, 1.54) is 5.57 Å². The molecule has 0 aromatic rings. The predicted octanol–water partition coefficient (Wildman–Crippen LogP) is 3.12. The summed E-state index contributed by atoms with van der Waals surface area (Å²) in [7, 11) is 0. The van der Waals surface area contributed by atoms with Crippen molar-refractivity contribution in [2.45, 2.75) is 33.6 Å². The summed E-state index contributed by atoms with van der Waals surface area (Å²) in [6, 6.07) is 0. The van der Waals surface area contributed by atoms with E-state index in [-0.39, 0.29) is 5.78 Å². The highest BCUT2D eigenvalue weighted by atomic mass is 16.1. The lowest BCUT2D eigenvalue weighted by Crippen LogP contribution is -2.17. The molecule has 0 bridgehead atoms. The van der Waals surface area contributed by atoms with E-state index in [9.17, 15) is 4.79 Å². The van der Waals surface area contributed by atoms with Crippen LogP contribution in [-0.2, 0) is 4.79 Å². The second kappa shape index (κ2) is 4.40. The van der Waals surface area contributed by atoms with Gasteiger partial charge in [-0.15, -0.1) is 0 Å². The van der Waals surface area contributed by atoms with Crippen LogP contribution < -0.4 is 0 Å². The average Bonchev–Trinajstić information content (AvgIpc) is 2.02. The van der Waals surface area contributed by atoms with Crippen molar-refractivity contribution >= 4 is 5.78 Å². The average molecular weight is 178 g/mol. The predicted molar refractivity (Wildman–Crippen MR) is 55.5 cm³/mol. The van der Waals surface area contributed by atoms with Crippen LogP contribution in [0, 0.1) is 11.8 Å². The molecule has 0 aliphatic heterocycles. The maximum Gasteiger partial charge on any atom is 0.155 e. The number of carbonyl (C=O) groups excluding carboxylic acids is 1. The zero-order valence-electron chi connectivity index (χ0n) is 8.71. The van der Waals surface area contributed by atoms with Gasteiger partial charge in [0.25, 0.3) is 0 Å². The zero-order chi connectivity index (χ0) is 9.84. The first kappa shape index (κ1) is 10.2. The fourth-order valence-electron chi connectivity index (χ4n) is 1.64. The number of hydrogen-bond donors (Lipinski definition) is 0. The minimum Gasteiger partial charge on any atom is -0.295 e. The van der Waals surface area contributed by atoms with Gasteiger partial charge in [0, 0.05) is 6.42 Å². The Balaban J connectivity index is 2.55. The van der Waals surface area contributed by atoms with E-state index in [0.29, 0.717) is 11.8 Å². The molecule has 0 saturated carbocycles. The van der Waals surface area contributed by atoms with E-state index in [4.69, 9.17) is 0 Å². The van der Waals surface area contributed by atoms with Crippen LogP contribution in [0.2, 0.25) is 0 Å². The molecular formula is C12H18O. The highest BCUT2D eigenvalue weighted by Gasteiger charge is 2.19. The Labute approximate surface area is 80.5 Å². The van der Waals surface area contributed by atoms with Gasteiger partial charge in [0.1, 0.15) is 0 Å². The lowest BCUT2D eigenvalue weighted by Gasteiger charge is -2.22. The van der Waals surface area contributed by atoms with Crippen LogP contribution in [0.4, 0.5) is 0 Å². The summed E-state index contributed by atoms with van der Waals surface area (Å²) in [5.41, 5.74) is 1.36. The molecule has 0 fully saturated rings. The third-order valence-corrected chi connectivity index (χ3v) is 2.58. The van der Waals surface area contributed by atoms with Crippen LogP contribution in [0.15, 0.2) is 23.8 Å².